The first kappa shape index (κ1) is 20.7. The Morgan fingerprint density at radius 3 is 2.07 bits per heavy atom. The highest BCUT2D eigenvalue weighted by Crippen LogP contribution is 2.35. The van der Waals surface area contributed by atoms with Gasteiger partial charge < -0.3 is 19.4 Å². The van der Waals surface area contributed by atoms with Gasteiger partial charge in [0.2, 0.25) is 5.95 Å². The zero-order chi connectivity index (χ0) is 20.5. The van der Waals surface area contributed by atoms with E-state index in [9.17, 15) is 0 Å². The summed E-state index contributed by atoms with van der Waals surface area (Å²) < 4.78 is 5.83. The minimum atomic E-state index is 0.509. The van der Waals surface area contributed by atoms with E-state index in [4.69, 9.17) is 14.7 Å². The zero-order valence-electron chi connectivity index (χ0n) is 18.9. The molecule has 5 rings (SSSR count). The molecule has 1 aliphatic carbocycles. The molecule has 4 fully saturated rings. The van der Waals surface area contributed by atoms with Crippen LogP contribution < -0.4 is 4.90 Å². The summed E-state index contributed by atoms with van der Waals surface area (Å²) in [6.45, 7) is 7.71. The molecule has 0 radical (unpaired) electrons. The Balaban J connectivity index is 1.14. The number of hydrogen-bond acceptors (Lipinski definition) is 6. The molecule has 2 unspecified atom stereocenters. The third-order valence-electron chi connectivity index (χ3n) is 8.12. The Labute approximate surface area is 182 Å². The molecule has 6 heteroatoms. The van der Waals surface area contributed by atoms with E-state index in [-0.39, 0.29) is 0 Å². The van der Waals surface area contributed by atoms with Crippen molar-refractivity contribution in [1.82, 2.24) is 19.8 Å². The van der Waals surface area contributed by atoms with Crippen LogP contribution in [0.25, 0.3) is 0 Å². The van der Waals surface area contributed by atoms with Gasteiger partial charge in [0.15, 0.2) is 0 Å². The third-order valence-corrected chi connectivity index (χ3v) is 8.12. The average molecular weight is 414 g/mol. The summed E-state index contributed by atoms with van der Waals surface area (Å²) in [6, 6.07) is 1.97. The lowest BCUT2D eigenvalue weighted by molar-refractivity contribution is 0.00944. The van der Waals surface area contributed by atoms with Crippen LogP contribution in [-0.4, -0.2) is 83.8 Å². The van der Waals surface area contributed by atoms with Gasteiger partial charge in [-0.2, -0.15) is 0 Å². The van der Waals surface area contributed by atoms with E-state index in [0.29, 0.717) is 24.1 Å². The third kappa shape index (κ3) is 4.23. The van der Waals surface area contributed by atoms with Gasteiger partial charge in [-0.25, -0.2) is 9.97 Å². The predicted octanol–water partition coefficient (Wildman–Crippen LogP) is 3.29. The van der Waals surface area contributed by atoms with Crippen molar-refractivity contribution in [2.24, 2.45) is 0 Å². The van der Waals surface area contributed by atoms with Crippen LogP contribution in [0.3, 0.4) is 0 Å². The van der Waals surface area contributed by atoms with Gasteiger partial charge in [0.05, 0.1) is 6.10 Å². The summed E-state index contributed by atoms with van der Waals surface area (Å²) in [5.74, 6) is 1.59. The minimum absolute atomic E-state index is 0.509. The quantitative estimate of drug-likeness (QED) is 0.738. The average Bonchev–Trinajstić information content (AvgIpc) is 3.06. The number of ether oxygens (including phenoxy) is 1. The molecule has 6 nitrogen and oxygen atoms in total. The van der Waals surface area contributed by atoms with E-state index in [0.717, 1.165) is 31.7 Å². The fourth-order valence-electron chi connectivity index (χ4n) is 6.53. The number of nitrogens with zero attached hydrogens (tertiary/aromatic N) is 5. The molecule has 2 bridgehead atoms. The van der Waals surface area contributed by atoms with Gasteiger partial charge in [-0.1, -0.05) is 0 Å². The summed E-state index contributed by atoms with van der Waals surface area (Å²) in [5.41, 5.74) is 1.35. The Bertz CT molecular complexity index is 667. The Morgan fingerprint density at radius 2 is 1.47 bits per heavy atom. The van der Waals surface area contributed by atoms with Gasteiger partial charge in [0.25, 0.3) is 0 Å². The highest BCUT2D eigenvalue weighted by atomic mass is 16.5. The van der Waals surface area contributed by atoms with Crippen LogP contribution in [0.4, 0.5) is 5.95 Å². The summed E-state index contributed by atoms with van der Waals surface area (Å²) in [6.07, 6.45) is 14.9. The standard InChI is InChI=1S/C24H39N5O/c1-3-30-23-8-6-20(7-9-23)28-12-10-18(11-13-28)19-14-25-24(26-15-19)29-21-4-5-22(29)17-27(2)16-21/h14-15,18,20-23H,3-13,16-17H2,1-2H3. The highest BCUT2D eigenvalue weighted by Gasteiger charge is 2.40. The maximum atomic E-state index is 5.83. The fraction of sp³-hybridized carbons (Fsp3) is 0.833. The van der Waals surface area contributed by atoms with Crippen molar-refractivity contribution in [1.29, 1.82) is 0 Å². The smallest absolute Gasteiger partial charge is 0.225 e. The summed E-state index contributed by atoms with van der Waals surface area (Å²) in [7, 11) is 2.24. The van der Waals surface area contributed by atoms with Crippen molar-refractivity contribution in [3.8, 4) is 0 Å². The maximum absolute atomic E-state index is 5.83. The predicted molar refractivity (Wildman–Crippen MR) is 120 cm³/mol. The molecule has 3 saturated heterocycles. The van der Waals surface area contributed by atoms with Crippen LogP contribution in [0, 0.1) is 0 Å². The molecule has 166 valence electrons. The molecule has 4 aliphatic rings. The van der Waals surface area contributed by atoms with E-state index in [1.54, 1.807) is 0 Å². The zero-order valence-corrected chi connectivity index (χ0v) is 18.9. The van der Waals surface area contributed by atoms with Crippen molar-refractivity contribution in [3.05, 3.63) is 18.0 Å². The van der Waals surface area contributed by atoms with Crippen LogP contribution in [-0.2, 0) is 4.74 Å². The molecule has 0 N–H and O–H groups in total. The van der Waals surface area contributed by atoms with Gasteiger partial charge >= 0.3 is 0 Å². The van der Waals surface area contributed by atoms with Crippen molar-refractivity contribution in [2.75, 3.05) is 44.7 Å². The molecule has 1 saturated carbocycles. The van der Waals surface area contributed by atoms with Crippen molar-refractivity contribution < 1.29 is 4.74 Å². The Morgan fingerprint density at radius 1 is 0.867 bits per heavy atom. The van der Waals surface area contributed by atoms with E-state index < -0.39 is 0 Å². The lowest BCUT2D eigenvalue weighted by Crippen LogP contribution is -2.53. The number of rotatable bonds is 5. The second kappa shape index (κ2) is 9.09. The van der Waals surface area contributed by atoms with Gasteiger partial charge in [0.1, 0.15) is 0 Å². The number of likely N-dealkylation sites (N-methyl/N-ethyl adjacent to an activating group) is 1. The number of piperidine rings is 1. The van der Waals surface area contributed by atoms with E-state index in [1.807, 2.05) is 0 Å². The molecular weight excluding hydrogens is 374 g/mol. The fourth-order valence-corrected chi connectivity index (χ4v) is 6.53. The first-order valence-corrected chi connectivity index (χ1v) is 12.4. The Kier molecular flexibility index (Phi) is 6.26. The molecule has 0 aromatic carbocycles. The molecule has 30 heavy (non-hydrogen) atoms. The summed E-state index contributed by atoms with van der Waals surface area (Å²) in [5, 5.41) is 0. The molecule has 1 aromatic heterocycles. The van der Waals surface area contributed by atoms with Crippen LogP contribution in [0.15, 0.2) is 12.4 Å². The van der Waals surface area contributed by atoms with Crippen molar-refractivity contribution >= 4 is 5.95 Å². The summed E-state index contributed by atoms with van der Waals surface area (Å²) >= 11 is 0. The van der Waals surface area contributed by atoms with Crippen LogP contribution >= 0.6 is 0 Å². The van der Waals surface area contributed by atoms with Crippen molar-refractivity contribution in [3.63, 3.8) is 0 Å². The van der Waals surface area contributed by atoms with Gasteiger partial charge in [-0.3, -0.25) is 0 Å². The van der Waals surface area contributed by atoms with E-state index >= 15 is 0 Å². The number of hydrogen-bond donors (Lipinski definition) is 0. The second-order valence-electron chi connectivity index (χ2n) is 10.0. The van der Waals surface area contributed by atoms with Crippen LogP contribution in [0.2, 0.25) is 0 Å². The number of piperazine rings is 1. The topological polar surface area (TPSA) is 44.7 Å². The molecule has 3 aliphatic heterocycles. The normalized spacial score (nSPS) is 33.9. The number of fused-ring (bicyclic) bond motifs is 2. The summed E-state index contributed by atoms with van der Waals surface area (Å²) in [4.78, 5) is 17.4. The molecule has 0 spiro atoms. The van der Waals surface area contributed by atoms with Gasteiger partial charge in [0, 0.05) is 50.2 Å². The number of likely N-dealkylation sites (tertiary alicyclic amines) is 2. The van der Waals surface area contributed by atoms with E-state index in [1.165, 1.54) is 70.0 Å². The molecular formula is C24H39N5O. The molecule has 1 aromatic rings. The molecule has 4 heterocycles. The lowest BCUT2D eigenvalue weighted by Gasteiger charge is -2.41. The SMILES string of the molecule is CCOC1CCC(N2CCC(c3cnc(N4C5CCC4CN(C)C5)nc3)CC2)CC1. The first-order valence-electron chi connectivity index (χ1n) is 12.4. The highest BCUT2D eigenvalue weighted by molar-refractivity contribution is 5.38. The molecule has 0 amide bonds. The maximum Gasteiger partial charge on any atom is 0.225 e. The van der Waals surface area contributed by atoms with Gasteiger partial charge in [-0.15, -0.1) is 0 Å². The monoisotopic (exact) mass is 413 g/mol. The largest absolute Gasteiger partial charge is 0.379 e. The molecule has 2 atom stereocenters. The van der Waals surface area contributed by atoms with Crippen molar-refractivity contribution in [2.45, 2.75) is 88.4 Å². The Hall–Kier alpha value is -1.24. The minimum Gasteiger partial charge on any atom is -0.379 e. The second-order valence-corrected chi connectivity index (χ2v) is 10.0. The van der Waals surface area contributed by atoms with Crippen LogP contribution in [0.1, 0.15) is 69.8 Å². The van der Waals surface area contributed by atoms with E-state index in [2.05, 4.69) is 41.1 Å². The van der Waals surface area contributed by atoms with Crippen LogP contribution in [0.5, 0.6) is 0 Å². The number of anilines is 1. The lowest BCUT2D eigenvalue weighted by atomic mass is 9.87. The van der Waals surface area contributed by atoms with Gasteiger partial charge in [-0.05, 0) is 89.9 Å². The first-order chi connectivity index (χ1) is 14.7. The number of aromatic nitrogens is 2.